The molecule has 1 fully saturated rings. The van der Waals surface area contributed by atoms with Gasteiger partial charge in [-0.15, -0.1) is 11.3 Å². The highest BCUT2D eigenvalue weighted by Gasteiger charge is 2.19. The average Bonchev–Trinajstić information content (AvgIpc) is 2.97. The fourth-order valence-corrected chi connectivity index (χ4v) is 2.88. The van der Waals surface area contributed by atoms with E-state index in [-0.39, 0.29) is 0 Å². The van der Waals surface area contributed by atoms with Gasteiger partial charge in [-0.25, -0.2) is 4.98 Å². The number of nitrogens with two attached hydrogens (primary N) is 1. The van der Waals surface area contributed by atoms with E-state index >= 15 is 0 Å². The zero-order valence-electron chi connectivity index (χ0n) is 12.3. The van der Waals surface area contributed by atoms with Gasteiger partial charge in [-0.2, -0.15) is 0 Å². The highest BCUT2D eigenvalue weighted by Crippen LogP contribution is 2.18. The second kappa shape index (κ2) is 7.44. The maximum atomic E-state index is 6.06. The van der Waals surface area contributed by atoms with E-state index in [1.165, 1.54) is 0 Å². The van der Waals surface area contributed by atoms with Crippen molar-refractivity contribution in [2.45, 2.75) is 6.42 Å². The molecule has 1 aliphatic heterocycles. The van der Waals surface area contributed by atoms with E-state index in [9.17, 15) is 0 Å². The number of aliphatic imine (C=N–C) groups is 1. The predicted molar refractivity (Wildman–Crippen MR) is 85.6 cm³/mol. The van der Waals surface area contributed by atoms with Crippen LogP contribution in [0.25, 0.3) is 0 Å². The van der Waals surface area contributed by atoms with Crippen LogP contribution in [0.15, 0.2) is 16.6 Å². The Morgan fingerprint density at radius 2 is 2.15 bits per heavy atom. The van der Waals surface area contributed by atoms with Crippen LogP contribution in [-0.2, 0) is 0 Å². The van der Waals surface area contributed by atoms with Gasteiger partial charge in [0.05, 0.1) is 0 Å². The number of rotatable bonds is 5. The molecule has 0 atom stereocenters. The first-order valence-corrected chi connectivity index (χ1v) is 7.89. The van der Waals surface area contributed by atoms with E-state index in [0.717, 1.165) is 50.8 Å². The molecule has 1 aromatic heterocycles. The van der Waals surface area contributed by atoms with Crippen molar-refractivity contribution in [1.29, 1.82) is 0 Å². The molecule has 6 nitrogen and oxygen atoms in total. The molecule has 0 amide bonds. The smallest absolute Gasteiger partial charge is 0.191 e. The third-order valence-corrected chi connectivity index (χ3v) is 4.16. The van der Waals surface area contributed by atoms with Gasteiger partial charge in [0.2, 0.25) is 0 Å². The standard InChI is InChI=1S/C13H24N6S/c1-17(2)6-3-4-15-12(14)18-7-9-19(10-8-18)13-16-5-11-20-13/h5,11H,3-4,6-10H2,1-2H3,(H2,14,15). The highest BCUT2D eigenvalue weighted by atomic mass is 32.1. The summed E-state index contributed by atoms with van der Waals surface area (Å²) in [7, 11) is 4.15. The van der Waals surface area contributed by atoms with Crippen LogP contribution in [0.3, 0.4) is 0 Å². The fourth-order valence-electron chi connectivity index (χ4n) is 2.18. The van der Waals surface area contributed by atoms with Gasteiger partial charge in [-0.1, -0.05) is 0 Å². The summed E-state index contributed by atoms with van der Waals surface area (Å²) >= 11 is 1.69. The van der Waals surface area contributed by atoms with Gasteiger partial charge in [0.25, 0.3) is 0 Å². The summed E-state index contributed by atoms with van der Waals surface area (Å²) in [5, 5.41) is 3.12. The van der Waals surface area contributed by atoms with E-state index in [4.69, 9.17) is 5.73 Å². The van der Waals surface area contributed by atoms with Crippen molar-refractivity contribution in [3.05, 3.63) is 11.6 Å². The predicted octanol–water partition coefficient (Wildman–Crippen LogP) is 0.532. The lowest BCUT2D eigenvalue weighted by atomic mass is 10.3. The largest absolute Gasteiger partial charge is 0.370 e. The SMILES string of the molecule is CN(C)CCCN=C(N)N1CCN(c2nccs2)CC1. The van der Waals surface area contributed by atoms with Crippen LogP contribution in [-0.4, -0.2) is 74.1 Å². The van der Waals surface area contributed by atoms with Crippen molar-refractivity contribution >= 4 is 22.4 Å². The van der Waals surface area contributed by atoms with E-state index in [1.54, 1.807) is 11.3 Å². The molecule has 2 N–H and O–H groups in total. The maximum absolute atomic E-state index is 6.06. The lowest BCUT2D eigenvalue weighted by Crippen LogP contribution is -2.51. The lowest BCUT2D eigenvalue weighted by Gasteiger charge is -2.35. The van der Waals surface area contributed by atoms with Crippen LogP contribution >= 0.6 is 11.3 Å². The Balaban J connectivity index is 1.74. The molecule has 0 saturated carbocycles. The zero-order valence-corrected chi connectivity index (χ0v) is 13.1. The number of hydrogen-bond donors (Lipinski definition) is 1. The maximum Gasteiger partial charge on any atom is 0.191 e. The first-order chi connectivity index (χ1) is 9.66. The van der Waals surface area contributed by atoms with Gasteiger partial charge >= 0.3 is 0 Å². The molecule has 1 aliphatic rings. The Morgan fingerprint density at radius 3 is 2.75 bits per heavy atom. The summed E-state index contributed by atoms with van der Waals surface area (Å²) in [5.74, 6) is 0.683. The highest BCUT2D eigenvalue weighted by molar-refractivity contribution is 7.13. The van der Waals surface area contributed by atoms with E-state index in [2.05, 4.69) is 38.8 Å². The Hall–Kier alpha value is -1.34. The summed E-state index contributed by atoms with van der Waals surface area (Å²) < 4.78 is 0. The number of anilines is 1. The van der Waals surface area contributed by atoms with E-state index in [0.29, 0.717) is 5.96 Å². The normalized spacial score (nSPS) is 17.1. The molecule has 7 heteroatoms. The molecule has 0 aliphatic carbocycles. The van der Waals surface area contributed by atoms with Crippen LogP contribution in [0, 0.1) is 0 Å². The van der Waals surface area contributed by atoms with Gasteiger partial charge in [-0.05, 0) is 27.1 Å². The summed E-state index contributed by atoms with van der Waals surface area (Å²) in [4.78, 5) is 15.5. The van der Waals surface area contributed by atoms with Crippen LogP contribution in [0.1, 0.15) is 6.42 Å². The van der Waals surface area contributed by atoms with Crippen LogP contribution < -0.4 is 10.6 Å². The fraction of sp³-hybridized carbons (Fsp3) is 0.692. The van der Waals surface area contributed by atoms with Crippen LogP contribution in [0.4, 0.5) is 5.13 Å². The first-order valence-electron chi connectivity index (χ1n) is 7.01. The first kappa shape index (κ1) is 15.1. The third-order valence-electron chi connectivity index (χ3n) is 3.33. The van der Waals surface area contributed by atoms with Crippen LogP contribution in [0.2, 0.25) is 0 Å². The molecule has 0 bridgehead atoms. The molecule has 1 saturated heterocycles. The minimum atomic E-state index is 0.683. The van der Waals surface area contributed by atoms with Crippen molar-refractivity contribution in [3.63, 3.8) is 0 Å². The molecule has 2 heterocycles. The number of nitrogens with zero attached hydrogens (tertiary/aromatic N) is 5. The van der Waals surface area contributed by atoms with Gasteiger partial charge in [0.15, 0.2) is 11.1 Å². The average molecular weight is 296 g/mol. The lowest BCUT2D eigenvalue weighted by molar-refractivity contribution is 0.378. The summed E-state index contributed by atoms with van der Waals surface area (Å²) in [5.41, 5.74) is 6.06. The molecular weight excluding hydrogens is 272 g/mol. The Kier molecular flexibility index (Phi) is 5.60. The van der Waals surface area contributed by atoms with Crippen LogP contribution in [0.5, 0.6) is 0 Å². The molecule has 20 heavy (non-hydrogen) atoms. The summed E-state index contributed by atoms with van der Waals surface area (Å²) in [6.07, 6.45) is 2.90. The zero-order chi connectivity index (χ0) is 14.4. The number of piperazine rings is 1. The minimum absolute atomic E-state index is 0.683. The Labute approximate surface area is 124 Å². The van der Waals surface area contributed by atoms with Gasteiger partial charge < -0.3 is 20.4 Å². The molecule has 0 aromatic carbocycles. The molecule has 0 unspecified atom stereocenters. The van der Waals surface area contributed by atoms with E-state index < -0.39 is 0 Å². The van der Waals surface area contributed by atoms with Crippen molar-refractivity contribution < 1.29 is 0 Å². The third kappa shape index (κ3) is 4.35. The second-order valence-electron chi connectivity index (χ2n) is 5.19. The van der Waals surface area contributed by atoms with Crippen molar-refractivity contribution in [3.8, 4) is 0 Å². The molecule has 112 valence electrons. The van der Waals surface area contributed by atoms with Gasteiger partial charge in [0.1, 0.15) is 0 Å². The number of guanidine groups is 1. The number of thiazole rings is 1. The molecule has 2 rings (SSSR count). The summed E-state index contributed by atoms with van der Waals surface area (Å²) in [6.45, 7) is 5.61. The molecule has 0 spiro atoms. The second-order valence-corrected chi connectivity index (χ2v) is 6.06. The monoisotopic (exact) mass is 296 g/mol. The Bertz CT molecular complexity index is 409. The molecule has 1 aromatic rings. The minimum Gasteiger partial charge on any atom is -0.370 e. The molecular formula is C13H24N6S. The number of hydrogen-bond acceptors (Lipinski definition) is 5. The topological polar surface area (TPSA) is 61.0 Å². The molecule has 0 radical (unpaired) electrons. The quantitative estimate of drug-likeness (QED) is 0.488. The van der Waals surface area contributed by atoms with Gasteiger partial charge in [-0.3, -0.25) is 4.99 Å². The van der Waals surface area contributed by atoms with Crippen molar-refractivity contribution in [1.82, 2.24) is 14.8 Å². The number of aromatic nitrogens is 1. The Morgan fingerprint density at radius 1 is 1.40 bits per heavy atom. The van der Waals surface area contributed by atoms with Crippen molar-refractivity contribution in [2.24, 2.45) is 10.7 Å². The van der Waals surface area contributed by atoms with Gasteiger partial charge in [0, 0.05) is 44.3 Å². The summed E-state index contributed by atoms with van der Waals surface area (Å²) in [6, 6.07) is 0. The van der Waals surface area contributed by atoms with E-state index in [1.807, 2.05) is 11.6 Å². The van der Waals surface area contributed by atoms with Crippen molar-refractivity contribution in [2.75, 3.05) is 58.3 Å².